The number of rotatable bonds is 3. The van der Waals surface area contributed by atoms with Gasteiger partial charge in [0.05, 0.1) is 6.04 Å². The maximum Gasteiger partial charge on any atom is 0.0608 e. The van der Waals surface area contributed by atoms with Crippen molar-refractivity contribution in [2.45, 2.75) is 19.9 Å². The van der Waals surface area contributed by atoms with Gasteiger partial charge in [-0.1, -0.05) is 24.3 Å². The predicted molar refractivity (Wildman–Crippen MR) is 86.4 cm³/mol. The lowest BCUT2D eigenvalue weighted by Gasteiger charge is -2.36. The fourth-order valence-electron chi connectivity index (χ4n) is 3.19. The maximum absolute atomic E-state index is 4.26. The lowest BCUT2D eigenvalue weighted by atomic mass is 9.91. The van der Waals surface area contributed by atoms with E-state index in [-0.39, 0.29) is 0 Å². The van der Waals surface area contributed by atoms with Crippen LogP contribution in [0, 0.1) is 13.8 Å². The highest BCUT2D eigenvalue weighted by atomic mass is 15.2. The van der Waals surface area contributed by atoms with E-state index in [0.29, 0.717) is 6.04 Å². The molecule has 1 saturated heterocycles. The number of hydrogen-bond acceptors (Lipinski definition) is 3. The minimum Gasteiger partial charge on any atom is -0.314 e. The normalized spacial score (nSPS) is 17.6. The first-order valence-electron chi connectivity index (χ1n) is 7.68. The molecule has 0 bridgehead atoms. The molecule has 1 aliphatic heterocycles. The number of nitrogens with one attached hydrogen (secondary N) is 1. The monoisotopic (exact) mass is 281 g/mol. The molecule has 3 nitrogen and oxygen atoms in total. The standard InChI is InChI=1S/C18H23N3/c1-14-5-3-4-6-16(14)18(21-11-9-19-10-12-21)17-7-8-20-13-15(17)2/h3-8,13,18-19H,9-12H2,1-2H3. The van der Waals surface area contributed by atoms with Crippen molar-refractivity contribution in [2.24, 2.45) is 0 Å². The Kier molecular flexibility index (Phi) is 4.32. The maximum atomic E-state index is 4.26. The summed E-state index contributed by atoms with van der Waals surface area (Å²) >= 11 is 0. The summed E-state index contributed by atoms with van der Waals surface area (Å²) in [6.45, 7) is 8.66. The Hall–Kier alpha value is -1.71. The highest BCUT2D eigenvalue weighted by molar-refractivity contribution is 5.39. The predicted octanol–water partition coefficient (Wildman–Crippen LogP) is 2.69. The number of benzene rings is 1. The number of pyridine rings is 1. The third-order valence-corrected chi connectivity index (χ3v) is 4.36. The molecule has 1 unspecified atom stereocenters. The summed E-state index contributed by atoms with van der Waals surface area (Å²) in [5, 5.41) is 3.45. The van der Waals surface area contributed by atoms with Gasteiger partial charge < -0.3 is 5.32 Å². The Bertz CT molecular complexity index is 557. The molecule has 0 saturated carbocycles. The van der Waals surface area contributed by atoms with Gasteiger partial charge in [-0.25, -0.2) is 0 Å². The molecule has 0 radical (unpaired) electrons. The van der Waals surface area contributed by atoms with Gasteiger partial charge in [0.15, 0.2) is 0 Å². The highest BCUT2D eigenvalue weighted by Gasteiger charge is 2.25. The van der Waals surface area contributed by atoms with E-state index in [0.717, 1.165) is 26.2 Å². The van der Waals surface area contributed by atoms with Gasteiger partial charge in [0, 0.05) is 38.6 Å². The molecule has 110 valence electrons. The number of aryl methyl sites for hydroxylation is 2. The van der Waals surface area contributed by atoms with Crippen LogP contribution >= 0.6 is 0 Å². The summed E-state index contributed by atoms with van der Waals surface area (Å²) in [5.74, 6) is 0. The molecule has 1 N–H and O–H groups in total. The van der Waals surface area contributed by atoms with E-state index in [2.05, 4.69) is 59.4 Å². The molecule has 3 rings (SSSR count). The second-order valence-electron chi connectivity index (χ2n) is 5.78. The lowest BCUT2D eigenvalue weighted by Crippen LogP contribution is -2.45. The number of nitrogens with zero attached hydrogens (tertiary/aromatic N) is 2. The Morgan fingerprint density at radius 3 is 2.43 bits per heavy atom. The minimum atomic E-state index is 0.330. The van der Waals surface area contributed by atoms with Crippen LogP contribution in [0.5, 0.6) is 0 Å². The van der Waals surface area contributed by atoms with Crippen molar-refractivity contribution >= 4 is 0 Å². The quantitative estimate of drug-likeness (QED) is 0.937. The molecule has 1 aromatic heterocycles. The van der Waals surface area contributed by atoms with E-state index in [1.54, 1.807) is 0 Å². The van der Waals surface area contributed by atoms with Crippen molar-refractivity contribution in [3.8, 4) is 0 Å². The second-order valence-corrected chi connectivity index (χ2v) is 5.78. The zero-order valence-corrected chi connectivity index (χ0v) is 12.8. The van der Waals surface area contributed by atoms with Crippen molar-refractivity contribution in [1.82, 2.24) is 15.2 Å². The van der Waals surface area contributed by atoms with E-state index < -0.39 is 0 Å². The summed E-state index contributed by atoms with van der Waals surface area (Å²) in [7, 11) is 0. The van der Waals surface area contributed by atoms with Gasteiger partial charge in [-0.15, -0.1) is 0 Å². The molecule has 0 aliphatic carbocycles. The smallest absolute Gasteiger partial charge is 0.0608 e. The van der Waals surface area contributed by atoms with E-state index in [1.165, 1.54) is 22.3 Å². The van der Waals surface area contributed by atoms with Gasteiger partial charge in [-0.2, -0.15) is 0 Å². The van der Waals surface area contributed by atoms with Gasteiger partial charge in [-0.3, -0.25) is 9.88 Å². The largest absolute Gasteiger partial charge is 0.314 e. The van der Waals surface area contributed by atoms with Crippen LogP contribution in [0.15, 0.2) is 42.7 Å². The van der Waals surface area contributed by atoms with E-state index in [1.807, 2.05) is 12.4 Å². The van der Waals surface area contributed by atoms with Gasteiger partial charge >= 0.3 is 0 Å². The lowest BCUT2D eigenvalue weighted by molar-refractivity contribution is 0.197. The fraction of sp³-hybridized carbons (Fsp3) is 0.389. The van der Waals surface area contributed by atoms with Crippen LogP contribution in [0.2, 0.25) is 0 Å². The highest BCUT2D eigenvalue weighted by Crippen LogP contribution is 2.32. The first kappa shape index (κ1) is 14.2. The minimum absolute atomic E-state index is 0.330. The van der Waals surface area contributed by atoms with Crippen LogP contribution in [0.25, 0.3) is 0 Å². The second kappa shape index (κ2) is 6.37. The Balaban J connectivity index is 2.07. The summed E-state index contributed by atoms with van der Waals surface area (Å²) in [5.41, 5.74) is 5.41. The Labute approximate surface area is 127 Å². The summed E-state index contributed by atoms with van der Waals surface area (Å²) in [6.07, 6.45) is 3.89. The van der Waals surface area contributed by atoms with E-state index in [9.17, 15) is 0 Å². The molecule has 1 aliphatic rings. The van der Waals surface area contributed by atoms with Crippen molar-refractivity contribution in [3.63, 3.8) is 0 Å². The van der Waals surface area contributed by atoms with Crippen LogP contribution < -0.4 is 5.32 Å². The van der Waals surface area contributed by atoms with Crippen molar-refractivity contribution in [2.75, 3.05) is 26.2 Å². The zero-order chi connectivity index (χ0) is 14.7. The van der Waals surface area contributed by atoms with Gasteiger partial charge in [0.1, 0.15) is 0 Å². The van der Waals surface area contributed by atoms with Gasteiger partial charge in [-0.05, 0) is 42.2 Å². The summed E-state index contributed by atoms with van der Waals surface area (Å²) < 4.78 is 0. The Morgan fingerprint density at radius 2 is 1.71 bits per heavy atom. The molecule has 1 fully saturated rings. The molecular formula is C18H23N3. The topological polar surface area (TPSA) is 28.2 Å². The van der Waals surface area contributed by atoms with Crippen molar-refractivity contribution in [1.29, 1.82) is 0 Å². The van der Waals surface area contributed by atoms with Gasteiger partial charge in [0.25, 0.3) is 0 Å². The summed E-state index contributed by atoms with van der Waals surface area (Å²) in [6, 6.07) is 11.2. The molecule has 2 heterocycles. The average Bonchev–Trinajstić information content (AvgIpc) is 2.52. The van der Waals surface area contributed by atoms with Crippen LogP contribution in [-0.4, -0.2) is 36.1 Å². The summed E-state index contributed by atoms with van der Waals surface area (Å²) in [4.78, 5) is 6.84. The third-order valence-electron chi connectivity index (χ3n) is 4.36. The molecule has 2 aromatic rings. The molecule has 1 atom stereocenters. The first-order valence-corrected chi connectivity index (χ1v) is 7.68. The number of aromatic nitrogens is 1. The molecular weight excluding hydrogens is 258 g/mol. The Morgan fingerprint density at radius 1 is 1.00 bits per heavy atom. The molecule has 21 heavy (non-hydrogen) atoms. The van der Waals surface area contributed by atoms with Crippen LogP contribution in [-0.2, 0) is 0 Å². The van der Waals surface area contributed by atoms with E-state index in [4.69, 9.17) is 0 Å². The molecule has 3 heteroatoms. The SMILES string of the molecule is Cc1ccccc1C(c1ccncc1C)N1CCNCC1. The molecule has 1 aromatic carbocycles. The van der Waals surface area contributed by atoms with Crippen LogP contribution in [0.4, 0.5) is 0 Å². The molecule has 0 amide bonds. The molecule has 0 spiro atoms. The number of hydrogen-bond donors (Lipinski definition) is 1. The fourth-order valence-corrected chi connectivity index (χ4v) is 3.19. The average molecular weight is 281 g/mol. The van der Waals surface area contributed by atoms with Crippen molar-refractivity contribution in [3.05, 3.63) is 65.0 Å². The number of piperazine rings is 1. The zero-order valence-electron chi connectivity index (χ0n) is 12.8. The van der Waals surface area contributed by atoms with Crippen LogP contribution in [0.3, 0.4) is 0 Å². The third kappa shape index (κ3) is 2.99. The van der Waals surface area contributed by atoms with Crippen molar-refractivity contribution < 1.29 is 0 Å². The van der Waals surface area contributed by atoms with Gasteiger partial charge in [0.2, 0.25) is 0 Å². The van der Waals surface area contributed by atoms with E-state index >= 15 is 0 Å². The first-order chi connectivity index (χ1) is 10.3. The van der Waals surface area contributed by atoms with Crippen LogP contribution in [0.1, 0.15) is 28.3 Å².